The highest BCUT2D eigenvalue weighted by molar-refractivity contribution is 5.92. The summed E-state index contributed by atoms with van der Waals surface area (Å²) >= 11 is 0. The molecule has 0 aliphatic heterocycles. The molecule has 0 atom stereocenters. The van der Waals surface area contributed by atoms with E-state index in [1.807, 2.05) is 0 Å². The van der Waals surface area contributed by atoms with Crippen molar-refractivity contribution in [1.29, 1.82) is 0 Å². The molecule has 2 amide bonds. The first-order valence-electron chi connectivity index (χ1n) is 6.33. The summed E-state index contributed by atoms with van der Waals surface area (Å²) in [4.78, 5) is 24.5. The predicted octanol–water partition coefficient (Wildman–Crippen LogP) is 2.57. The second-order valence-electron chi connectivity index (χ2n) is 5.09. The first-order chi connectivity index (χ1) is 8.97. The molecule has 1 fully saturated rings. The quantitative estimate of drug-likeness (QED) is 0.876. The lowest BCUT2D eigenvalue weighted by Gasteiger charge is -2.18. The maximum atomic E-state index is 11.9. The molecule has 5 nitrogen and oxygen atoms in total. The summed E-state index contributed by atoms with van der Waals surface area (Å²) in [5.74, 6) is -0.312. The average molecular weight is 262 g/mol. The largest absolute Gasteiger partial charge is 0.478 e. The summed E-state index contributed by atoms with van der Waals surface area (Å²) in [6, 6.07) is 4.63. The molecule has 0 bridgehead atoms. The molecule has 1 saturated carbocycles. The number of carboxylic acid groups (broad SMARTS) is 1. The standard InChI is InChI=1S/C14H18N2O3/c1-9-7-11(5-6-12(9)13(17)18)15-14(19)16(2)8-10-3-4-10/h5-7,10H,3-4,8H2,1-2H3,(H,15,19)(H,17,18). The Morgan fingerprint density at radius 1 is 1.42 bits per heavy atom. The number of aryl methyl sites for hydroxylation is 1. The van der Waals surface area contributed by atoms with Gasteiger partial charge in [-0.05, 0) is 49.4 Å². The van der Waals surface area contributed by atoms with E-state index in [-0.39, 0.29) is 11.6 Å². The second-order valence-corrected chi connectivity index (χ2v) is 5.09. The molecule has 1 aromatic carbocycles. The molecular formula is C14H18N2O3. The zero-order valence-electron chi connectivity index (χ0n) is 11.1. The van der Waals surface area contributed by atoms with E-state index in [9.17, 15) is 9.59 Å². The third kappa shape index (κ3) is 3.47. The highest BCUT2D eigenvalue weighted by atomic mass is 16.4. The van der Waals surface area contributed by atoms with Crippen LogP contribution in [-0.4, -0.2) is 35.6 Å². The van der Waals surface area contributed by atoms with E-state index in [4.69, 9.17) is 5.11 Å². The molecule has 19 heavy (non-hydrogen) atoms. The highest BCUT2D eigenvalue weighted by Crippen LogP contribution is 2.29. The van der Waals surface area contributed by atoms with E-state index in [2.05, 4.69) is 5.32 Å². The minimum absolute atomic E-state index is 0.158. The summed E-state index contributed by atoms with van der Waals surface area (Å²) in [6.07, 6.45) is 2.40. The maximum absolute atomic E-state index is 11.9. The Morgan fingerprint density at radius 2 is 2.11 bits per heavy atom. The summed E-state index contributed by atoms with van der Waals surface area (Å²) in [5, 5.41) is 11.7. The first kappa shape index (κ1) is 13.4. The summed E-state index contributed by atoms with van der Waals surface area (Å²) in [5.41, 5.74) is 1.51. The highest BCUT2D eigenvalue weighted by Gasteiger charge is 2.24. The van der Waals surface area contributed by atoms with Crippen molar-refractivity contribution in [1.82, 2.24) is 4.90 Å². The van der Waals surface area contributed by atoms with E-state index in [1.54, 1.807) is 31.0 Å². The predicted molar refractivity (Wildman–Crippen MR) is 72.5 cm³/mol. The van der Waals surface area contributed by atoms with Crippen molar-refractivity contribution in [2.45, 2.75) is 19.8 Å². The Bertz CT molecular complexity index is 509. The lowest BCUT2D eigenvalue weighted by atomic mass is 10.1. The Hall–Kier alpha value is -2.04. The van der Waals surface area contributed by atoms with Crippen molar-refractivity contribution < 1.29 is 14.7 Å². The third-order valence-corrected chi connectivity index (χ3v) is 3.28. The van der Waals surface area contributed by atoms with Gasteiger partial charge < -0.3 is 15.3 Å². The molecule has 2 rings (SSSR count). The van der Waals surface area contributed by atoms with Gasteiger partial charge in [0.15, 0.2) is 0 Å². The van der Waals surface area contributed by atoms with Crippen molar-refractivity contribution in [2.24, 2.45) is 5.92 Å². The molecule has 2 N–H and O–H groups in total. The number of amides is 2. The van der Waals surface area contributed by atoms with Gasteiger partial charge in [-0.25, -0.2) is 9.59 Å². The Labute approximate surface area is 112 Å². The molecule has 0 aromatic heterocycles. The minimum atomic E-state index is -0.957. The van der Waals surface area contributed by atoms with Crippen molar-refractivity contribution in [2.75, 3.05) is 18.9 Å². The van der Waals surface area contributed by atoms with Gasteiger partial charge in [-0.1, -0.05) is 0 Å². The number of hydrogen-bond acceptors (Lipinski definition) is 2. The number of anilines is 1. The molecule has 1 aliphatic carbocycles. The van der Waals surface area contributed by atoms with Gasteiger partial charge in [0.1, 0.15) is 0 Å². The van der Waals surface area contributed by atoms with Crippen LogP contribution in [0.25, 0.3) is 0 Å². The van der Waals surface area contributed by atoms with E-state index >= 15 is 0 Å². The van der Waals surface area contributed by atoms with Gasteiger partial charge in [0.05, 0.1) is 5.56 Å². The fourth-order valence-corrected chi connectivity index (χ4v) is 1.97. The third-order valence-electron chi connectivity index (χ3n) is 3.28. The van der Waals surface area contributed by atoms with Gasteiger partial charge in [-0.15, -0.1) is 0 Å². The smallest absolute Gasteiger partial charge is 0.335 e. The Balaban J connectivity index is 2.00. The average Bonchev–Trinajstić information content (AvgIpc) is 3.12. The van der Waals surface area contributed by atoms with Crippen LogP contribution in [0.1, 0.15) is 28.8 Å². The lowest BCUT2D eigenvalue weighted by molar-refractivity contribution is 0.0696. The maximum Gasteiger partial charge on any atom is 0.335 e. The van der Waals surface area contributed by atoms with Crippen LogP contribution < -0.4 is 5.32 Å². The topological polar surface area (TPSA) is 69.6 Å². The number of rotatable bonds is 4. The van der Waals surface area contributed by atoms with Gasteiger partial charge in [0, 0.05) is 19.3 Å². The fraction of sp³-hybridized carbons (Fsp3) is 0.429. The molecule has 1 aliphatic rings. The molecular weight excluding hydrogens is 244 g/mol. The van der Waals surface area contributed by atoms with Crippen molar-refractivity contribution in [3.05, 3.63) is 29.3 Å². The number of carbonyl (C=O) groups is 2. The molecule has 0 unspecified atom stereocenters. The number of nitrogens with one attached hydrogen (secondary N) is 1. The van der Waals surface area contributed by atoms with Gasteiger partial charge in [0.25, 0.3) is 0 Å². The Kier molecular flexibility index (Phi) is 3.74. The van der Waals surface area contributed by atoms with E-state index in [1.165, 1.54) is 18.9 Å². The minimum Gasteiger partial charge on any atom is -0.478 e. The van der Waals surface area contributed by atoms with Crippen molar-refractivity contribution in [3.8, 4) is 0 Å². The number of benzene rings is 1. The SMILES string of the molecule is Cc1cc(NC(=O)N(C)CC2CC2)ccc1C(=O)O. The summed E-state index contributed by atoms with van der Waals surface area (Å²) in [6.45, 7) is 2.49. The van der Waals surface area contributed by atoms with Gasteiger partial charge in [-0.3, -0.25) is 0 Å². The molecule has 1 aromatic rings. The first-order valence-corrected chi connectivity index (χ1v) is 6.33. The van der Waals surface area contributed by atoms with E-state index in [0.717, 1.165) is 6.54 Å². The molecule has 5 heteroatoms. The van der Waals surface area contributed by atoms with Crippen LogP contribution in [0.3, 0.4) is 0 Å². The molecule has 0 heterocycles. The summed E-state index contributed by atoms with van der Waals surface area (Å²) < 4.78 is 0. The molecule has 0 saturated heterocycles. The lowest BCUT2D eigenvalue weighted by Crippen LogP contribution is -2.32. The van der Waals surface area contributed by atoms with Crippen LogP contribution >= 0.6 is 0 Å². The number of carbonyl (C=O) groups excluding carboxylic acids is 1. The number of hydrogen-bond donors (Lipinski definition) is 2. The molecule has 0 spiro atoms. The molecule has 102 valence electrons. The van der Waals surface area contributed by atoms with Crippen LogP contribution in [0.4, 0.5) is 10.5 Å². The van der Waals surface area contributed by atoms with Crippen LogP contribution in [0.15, 0.2) is 18.2 Å². The normalized spacial score (nSPS) is 14.0. The number of nitrogens with zero attached hydrogens (tertiary/aromatic N) is 1. The zero-order chi connectivity index (χ0) is 14.0. The van der Waals surface area contributed by atoms with Gasteiger partial charge in [0.2, 0.25) is 0 Å². The number of urea groups is 1. The second kappa shape index (κ2) is 5.30. The van der Waals surface area contributed by atoms with E-state index < -0.39 is 5.97 Å². The van der Waals surface area contributed by atoms with Gasteiger partial charge >= 0.3 is 12.0 Å². The van der Waals surface area contributed by atoms with Crippen molar-refractivity contribution >= 4 is 17.7 Å². The van der Waals surface area contributed by atoms with Gasteiger partial charge in [-0.2, -0.15) is 0 Å². The van der Waals surface area contributed by atoms with Crippen LogP contribution in [-0.2, 0) is 0 Å². The zero-order valence-corrected chi connectivity index (χ0v) is 11.1. The van der Waals surface area contributed by atoms with Crippen LogP contribution in [0.2, 0.25) is 0 Å². The Morgan fingerprint density at radius 3 is 2.63 bits per heavy atom. The fourth-order valence-electron chi connectivity index (χ4n) is 1.97. The number of carboxylic acids is 1. The van der Waals surface area contributed by atoms with Crippen LogP contribution in [0.5, 0.6) is 0 Å². The number of aromatic carboxylic acids is 1. The monoisotopic (exact) mass is 262 g/mol. The van der Waals surface area contributed by atoms with Crippen LogP contribution in [0, 0.1) is 12.8 Å². The van der Waals surface area contributed by atoms with E-state index in [0.29, 0.717) is 17.2 Å². The van der Waals surface area contributed by atoms with Crippen molar-refractivity contribution in [3.63, 3.8) is 0 Å². The summed E-state index contributed by atoms with van der Waals surface area (Å²) in [7, 11) is 1.77. The molecule has 0 radical (unpaired) electrons.